The molecular formula is C28H30N6O6. The van der Waals surface area contributed by atoms with E-state index in [1.165, 1.54) is 0 Å². The Morgan fingerprint density at radius 3 is 1.73 bits per heavy atom. The Hall–Kier alpha value is -5.26. The fourth-order valence-electron chi connectivity index (χ4n) is 3.65. The molecule has 40 heavy (non-hydrogen) atoms. The monoisotopic (exact) mass is 546 g/mol. The quantitative estimate of drug-likeness (QED) is 0.162. The second-order valence-corrected chi connectivity index (χ2v) is 8.79. The van der Waals surface area contributed by atoms with Gasteiger partial charge in [0.25, 0.3) is 5.91 Å². The van der Waals surface area contributed by atoms with Crippen LogP contribution in [0.4, 0.5) is 0 Å². The minimum Gasteiger partial charge on any atom is -0.368 e. The van der Waals surface area contributed by atoms with Crippen LogP contribution >= 0.6 is 0 Å². The number of hydrogen-bond acceptors (Lipinski definition) is 6. The van der Waals surface area contributed by atoms with E-state index in [0.29, 0.717) is 5.56 Å². The fourth-order valence-corrected chi connectivity index (χ4v) is 3.65. The van der Waals surface area contributed by atoms with Crippen LogP contribution in [0.15, 0.2) is 72.8 Å². The molecule has 0 aliphatic heterocycles. The highest BCUT2D eigenvalue weighted by molar-refractivity contribution is 5.97. The number of amides is 6. The number of benzene rings is 3. The van der Waals surface area contributed by atoms with Gasteiger partial charge in [0, 0.05) is 12.0 Å². The summed E-state index contributed by atoms with van der Waals surface area (Å²) in [5.74, 6) is -3.68. The van der Waals surface area contributed by atoms with Crippen LogP contribution in [-0.2, 0) is 30.4 Å². The van der Waals surface area contributed by atoms with E-state index in [9.17, 15) is 28.8 Å². The normalized spacial score (nSPS) is 11.1. The molecule has 6 amide bonds. The van der Waals surface area contributed by atoms with Gasteiger partial charge in [0.2, 0.25) is 29.5 Å². The van der Waals surface area contributed by atoms with Crippen molar-refractivity contribution in [3.63, 3.8) is 0 Å². The van der Waals surface area contributed by atoms with Crippen LogP contribution in [0.5, 0.6) is 0 Å². The summed E-state index contributed by atoms with van der Waals surface area (Å²) in [5.41, 5.74) is 6.65. The van der Waals surface area contributed by atoms with E-state index in [-0.39, 0.29) is 13.0 Å². The Labute approximate surface area is 230 Å². The second-order valence-electron chi connectivity index (χ2n) is 8.79. The van der Waals surface area contributed by atoms with Gasteiger partial charge in [-0.25, -0.2) is 0 Å². The molecule has 1 atom stereocenters. The summed E-state index contributed by atoms with van der Waals surface area (Å²) in [7, 11) is 0. The lowest BCUT2D eigenvalue weighted by atomic mass is 10.0. The summed E-state index contributed by atoms with van der Waals surface area (Å²) >= 11 is 0. The van der Waals surface area contributed by atoms with Crippen molar-refractivity contribution in [3.8, 4) is 0 Å². The van der Waals surface area contributed by atoms with Gasteiger partial charge < -0.3 is 32.3 Å². The largest absolute Gasteiger partial charge is 0.368 e. The van der Waals surface area contributed by atoms with Crippen molar-refractivity contribution in [3.05, 3.63) is 83.9 Å². The maximum atomic E-state index is 12.3. The Morgan fingerprint density at radius 1 is 0.600 bits per heavy atom. The molecule has 0 heterocycles. The number of primary amides is 1. The maximum Gasteiger partial charge on any atom is 0.251 e. The highest BCUT2D eigenvalue weighted by atomic mass is 16.2. The first-order valence-corrected chi connectivity index (χ1v) is 12.4. The summed E-state index contributed by atoms with van der Waals surface area (Å²) < 4.78 is 0. The molecule has 12 heteroatoms. The van der Waals surface area contributed by atoms with Crippen molar-refractivity contribution in [1.82, 2.24) is 26.6 Å². The van der Waals surface area contributed by atoms with Crippen molar-refractivity contribution >= 4 is 46.2 Å². The maximum absolute atomic E-state index is 12.3. The molecule has 0 radical (unpaired) electrons. The zero-order valence-corrected chi connectivity index (χ0v) is 21.6. The molecule has 208 valence electrons. The summed E-state index contributed by atoms with van der Waals surface area (Å²) in [6.45, 7) is -1.62. The van der Waals surface area contributed by atoms with E-state index in [0.717, 1.165) is 16.3 Å². The van der Waals surface area contributed by atoms with E-state index >= 15 is 0 Å². The Kier molecular flexibility index (Phi) is 10.7. The number of hydrogen-bond donors (Lipinski definition) is 6. The third kappa shape index (κ3) is 9.56. The van der Waals surface area contributed by atoms with Gasteiger partial charge in [0.15, 0.2) is 0 Å². The van der Waals surface area contributed by atoms with Crippen LogP contribution in [0.2, 0.25) is 0 Å². The highest BCUT2D eigenvalue weighted by Gasteiger charge is 2.19. The van der Waals surface area contributed by atoms with E-state index in [2.05, 4.69) is 26.6 Å². The molecule has 0 aliphatic rings. The summed E-state index contributed by atoms with van der Waals surface area (Å²) in [6.07, 6.45) is 0.178. The highest BCUT2D eigenvalue weighted by Crippen LogP contribution is 2.16. The molecule has 0 fully saturated rings. The van der Waals surface area contributed by atoms with Gasteiger partial charge >= 0.3 is 0 Å². The number of carbonyl (C=O) groups is 6. The van der Waals surface area contributed by atoms with E-state index in [4.69, 9.17) is 5.73 Å². The van der Waals surface area contributed by atoms with Crippen molar-refractivity contribution in [2.75, 3.05) is 26.2 Å². The second kappa shape index (κ2) is 14.6. The van der Waals surface area contributed by atoms with Crippen LogP contribution in [-0.4, -0.2) is 67.7 Å². The average Bonchev–Trinajstić information content (AvgIpc) is 2.96. The van der Waals surface area contributed by atoms with Crippen LogP contribution in [0, 0.1) is 0 Å². The molecule has 3 aromatic rings. The summed E-state index contributed by atoms with van der Waals surface area (Å²) in [6, 6.07) is 20.7. The minimum absolute atomic E-state index is 0.178. The molecule has 0 aliphatic carbocycles. The molecule has 0 saturated heterocycles. The Bertz CT molecular complexity index is 1390. The predicted octanol–water partition coefficient (Wildman–Crippen LogP) is -0.869. The molecule has 3 rings (SSSR count). The fraction of sp³-hybridized carbons (Fsp3) is 0.214. The molecule has 0 aromatic heterocycles. The van der Waals surface area contributed by atoms with Crippen LogP contribution < -0.4 is 32.3 Å². The third-order valence-corrected chi connectivity index (χ3v) is 5.72. The third-order valence-electron chi connectivity index (χ3n) is 5.72. The van der Waals surface area contributed by atoms with Crippen molar-refractivity contribution < 1.29 is 28.8 Å². The van der Waals surface area contributed by atoms with Gasteiger partial charge in [-0.05, 0) is 28.5 Å². The van der Waals surface area contributed by atoms with Gasteiger partial charge in [-0.15, -0.1) is 0 Å². The summed E-state index contributed by atoms with van der Waals surface area (Å²) in [4.78, 5) is 71.8. The SMILES string of the molecule is NC(=O)C(Cc1ccc2ccccc2c1)NC(=O)CNC(=O)CNC(=O)CNC(=O)CNC(=O)c1ccccc1. The smallest absolute Gasteiger partial charge is 0.251 e. The first kappa shape index (κ1) is 29.3. The lowest BCUT2D eigenvalue weighted by Crippen LogP contribution is -2.50. The molecular weight excluding hydrogens is 516 g/mol. The summed E-state index contributed by atoms with van der Waals surface area (Å²) in [5, 5.41) is 13.9. The zero-order chi connectivity index (χ0) is 28.9. The first-order valence-electron chi connectivity index (χ1n) is 12.4. The Balaban J connectivity index is 1.32. The number of nitrogens with one attached hydrogen (secondary N) is 5. The van der Waals surface area contributed by atoms with Gasteiger partial charge in [-0.1, -0.05) is 60.7 Å². The molecule has 0 saturated carbocycles. The molecule has 12 nitrogen and oxygen atoms in total. The predicted molar refractivity (Wildman–Crippen MR) is 147 cm³/mol. The number of carbonyl (C=O) groups excluding carboxylic acids is 6. The lowest BCUT2D eigenvalue weighted by Gasteiger charge is -2.16. The van der Waals surface area contributed by atoms with Crippen molar-refractivity contribution in [1.29, 1.82) is 0 Å². The van der Waals surface area contributed by atoms with Gasteiger partial charge in [-0.3, -0.25) is 28.8 Å². The standard InChI is InChI=1S/C28H30N6O6/c29-27(39)22(13-18-10-11-19-6-4-5-9-21(19)12-18)34-26(38)17-32-24(36)15-30-23(35)14-31-25(37)16-33-28(40)20-7-2-1-3-8-20/h1-12,22H,13-17H2,(H2,29,39)(H,30,35)(H,31,37)(H,32,36)(H,33,40)(H,34,38). The van der Waals surface area contributed by atoms with Gasteiger partial charge in [0.1, 0.15) is 6.04 Å². The topological polar surface area (TPSA) is 189 Å². The van der Waals surface area contributed by atoms with E-state index in [1.54, 1.807) is 30.3 Å². The van der Waals surface area contributed by atoms with Crippen molar-refractivity contribution in [2.45, 2.75) is 12.5 Å². The van der Waals surface area contributed by atoms with Crippen LogP contribution in [0.1, 0.15) is 15.9 Å². The van der Waals surface area contributed by atoms with E-state index < -0.39 is 61.1 Å². The first-order chi connectivity index (χ1) is 19.2. The minimum atomic E-state index is -0.980. The van der Waals surface area contributed by atoms with E-state index in [1.807, 2.05) is 42.5 Å². The van der Waals surface area contributed by atoms with Gasteiger partial charge in [0.05, 0.1) is 26.2 Å². The molecule has 0 bridgehead atoms. The zero-order valence-electron chi connectivity index (χ0n) is 21.6. The molecule has 0 spiro atoms. The average molecular weight is 547 g/mol. The lowest BCUT2D eigenvalue weighted by molar-refractivity contribution is -0.129. The number of rotatable bonds is 13. The molecule has 3 aromatic carbocycles. The number of fused-ring (bicyclic) bond motifs is 1. The van der Waals surface area contributed by atoms with Crippen LogP contribution in [0.25, 0.3) is 10.8 Å². The molecule has 7 N–H and O–H groups in total. The van der Waals surface area contributed by atoms with Crippen LogP contribution in [0.3, 0.4) is 0 Å². The molecule has 1 unspecified atom stereocenters. The Morgan fingerprint density at radius 2 is 1.12 bits per heavy atom. The van der Waals surface area contributed by atoms with Crippen molar-refractivity contribution in [2.24, 2.45) is 5.73 Å². The number of nitrogens with two attached hydrogens (primary N) is 1. The van der Waals surface area contributed by atoms with Gasteiger partial charge in [-0.2, -0.15) is 0 Å².